The van der Waals surface area contributed by atoms with Crippen molar-refractivity contribution in [1.82, 2.24) is 9.21 Å². The molecule has 2 aliphatic heterocycles. The minimum absolute atomic E-state index is 0.139. The zero-order valence-corrected chi connectivity index (χ0v) is 19.0. The standard InChI is InChI=1S/C23H23N3O7S/c27-20(15-33-21(28)14-26-22(29)18-6-2-3-7-19(18)23(26)30)24-16-8-10-17(11-9-16)34(31,32)25-12-4-1-5-13-25/h2-3,6-11H,1,4-5,12-15H2,(H,24,27). The molecule has 3 amide bonds. The van der Waals surface area contributed by atoms with Gasteiger partial charge in [-0.05, 0) is 49.2 Å². The van der Waals surface area contributed by atoms with Crippen molar-refractivity contribution in [3.63, 3.8) is 0 Å². The lowest BCUT2D eigenvalue weighted by atomic mass is 10.1. The molecule has 11 heteroatoms. The number of esters is 1. The summed E-state index contributed by atoms with van der Waals surface area (Å²) in [5, 5.41) is 2.51. The monoisotopic (exact) mass is 485 g/mol. The van der Waals surface area contributed by atoms with Gasteiger partial charge in [-0.15, -0.1) is 0 Å². The van der Waals surface area contributed by atoms with E-state index in [1.807, 2.05) is 0 Å². The van der Waals surface area contributed by atoms with Crippen molar-refractivity contribution in [2.24, 2.45) is 0 Å². The van der Waals surface area contributed by atoms with Gasteiger partial charge in [0.2, 0.25) is 10.0 Å². The van der Waals surface area contributed by atoms with Crippen LogP contribution in [0.2, 0.25) is 0 Å². The van der Waals surface area contributed by atoms with Crippen LogP contribution in [0.1, 0.15) is 40.0 Å². The number of benzene rings is 2. The Kier molecular flexibility index (Phi) is 6.75. The van der Waals surface area contributed by atoms with Crippen LogP contribution in [0.5, 0.6) is 0 Å². The number of nitrogens with one attached hydrogen (secondary N) is 1. The van der Waals surface area contributed by atoms with Gasteiger partial charge in [0.1, 0.15) is 6.54 Å². The molecule has 0 radical (unpaired) electrons. The van der Waals surface area contributed by atoms with Crippen molar-refractivity contribution in [3.8, 4) is 0 Å². The smallest absolute Gasteiger partial charge is 0.326 e. The summed E-state index contributed by atoms with van der Waals surface area (Å²) in [6.45, 7) is -0.252. The lowest BCUT2D eigenvalue weighted by Crippen LogP contribution is -2.36. The van der Waals surface area contributed by atoms with E-state index in [4.69, 9.17) is 4.74 Å². The molecule has 2 heterocycles. The summed E-state index contributed by atoms with van der Waals surface area (Å²) in [6, 6.07) is 12.0. The molecule has 0 aliphatic carbocycles. The molecule has 0 atom stereocenters. The molecule has 4 rings (SSSR count). The largest absolute Gasteiger partial charge is 0.454 e. The Balaban J connectivity index is 1.27. The van der Waals surface area contributed by atoms with E-state index in [9.17, 15) is 27.6 Å². The van der Waals surface area contributed by atoms with Gasteiger partial charge in [-0.25, -0.2) is 8.42 Å². The Morgan fingerprint density at radius 2 is 1.47 bits per heavy atom. The fourth-order valence-electron chi connectivity index (χ4n) is 3.87. The first-order valence-electron chi connectivity index (χ1n) is 10.8. The highest BCUT2D eigenvalue weighted by molar-refractivity contribution is 7.89. The van der Waals surface area contributed by atoms with Crippen molar-refractivity contribution < 1.29 is 32.3 Å². The van der Waals surface area contributed by atoms with Crippen LogP contribution in [-0.2, 0) is 24.3 Å². The number of carbonyl (C=O) groups excluding carboxylic acids is 4. The summed E-state index contributed by atoms with van der Waals surface area (Å²) >= 11 is 0. The normalized spacial score (nSPS) is 16.3. The highest BCUT2D eigenvalue weighted by Gasteiger charge is 2.36. The lowest BCUT2D eigenvalue weighted by Gasteiger charge is -2.25. The predicted molar refractivity (Wildman–Crippen MR) is 120 cm³/mol. The first-order chi connectivity index (χ1) is 16.3. The van der Waals surface area contributed by atoms with Crippen molar-refractivity contribution in [3.05, 3.63) is 59.7 Å². The van der Waals surface area contributed by atoms with Crippen molar-refractivity contribution in [2.75, 3.05) is 31.6 Å². The predicted octanol–water partition coefficient (Wildman–Crippen LogP) is 1.64. The van der Waals surface area contributed by atoms with Crippen LogP contribution < -0.4 is 5.32 Å². The van der Waals surface area contributed by atoms with Crippen LogP contribution >= 0.6 is 0 Å². The molecule has 10 nitrogen and oxygen atoms in total. The zero-order valence-electron chi connectivity index (χ0n) is 18.2. The van der Waals surface area contributed by atoms with Gasteiger partial charge >= 0.3 is 5.97 Å². The quantitative estimate of drug-likeness (QED) is 0.466. The number of carbonyl (C=O) groups is 4. The van der Waals surface area contributed by atoms with Gasteiger partial charge in [0.05, 0.1) is 16.0 Å². The zero-order chi connectivity index (χ0) is 24.3. The SMILES string of the molecule is O=C(COC(=O)CN1C(=O)c2ccccc2C1=O)Nc1ccc(S(=O)(=O)N2CCCCC2)cc1. The summed E-state index contributed by atoms with van der Waals surface area (Å²) in [5.74, 6) is -2.75. The number of ether oxygens (including phenoxy) is 1. The molecule has 1 saturated heterocycles. The molecule has 1 fully saturated rings. The average molecular weight is 486 g/mol. The van der Waals surface area contributed by atoms with Crippen LogP contribution in [0, 0.1) is 0 Å². The number of amides is 3. The van der Waals surface area contributed by atoms with E-state index in [-0.39, 0.29) is 16.0 Å². The Hall–Kier alpha value is -3.57. The number of nitrogens with zero attached hydrogens (tertiary/aromatic N) is 2. The van der Waals surface area contributed by atoms with E-state index >= 15 is 0 Å². The molecule has 2 aromatic carbocycles. The van der Waals surface area contributed by atoms with Crippen LogP contribution in [0.3, 0.4) is 0 Å². The van der Waals surface area contributed by atoms with Crippen LogP contribution in [0.4, 0.5) is 5.69 Å². The number of hydrogen-bond acceptors (Lipinski definition) is 7. The third-order valence-electron chi connectivity index (χ3n) is 5.62. The second kappa shape index (κ2) is 9.74. The molecule has 2 aliphatic rings. The van der Waals surface area contributed by atoms with E-state index in [1.54, 1.807) is 12.1 Å². The number of sulfonamides is 1. The molecular weight excluding hydrogens is 462 g/mol. The summed E-state index contributed by atoms with van der Waals surface area (Å²) in [7, 11) is -3.58. The summed E-state index contributed by atoms with van der Waals surface area (Å²) in [4.78, 5) is 49.7. The molecule has 178 valence electrons. The molecule has 0 bridgehead atoms. The lowest BCUT2D eigenvalue weighted by molar-refractivity contribution is -0.147. The topological polar surface area (TPSA) is 130 Å². The van der Waals surface area contributed by atoms with Gasteiger partial charge in [0.15, 0.2) is 6.61 Å². The highest BCUT2D eigenvalue weighted by atomic mass is 32.2. The third-order valence-corrected chi connectivity index (χ3v) is 7.53. The molecular formula is C23H23N3O7S. The Bertz CT molecular complexity index is 1200. The Labute approximate surface area is 196 Å². The molecule has 0 aromatic heterocycles. The summed E-state index contributed by atoms with van der Waals surface area (Å²) < 4.78 is 31.7. The van der Waals surface area contributed by atoms with Crippen LogP contribution in [0.25, 0.3) is 0 Å². The maximum Gasteiger partial charge on any atom is 0.326 e. The second-order valence-electron chi connectivity index (χ2n) is 7.94. The number of piperidine rings is 1. The average Bonchev–Trinajstić information content (AvgIpc) is 3.08. The van der Waals surface area contributed by atoms with E-state index in [0.717, 1.165) is 24.2 Å². The highest BCUT2D eigenvalue weighted by Crippen LogP contribution is 2.23. The van der Waals surface area contributed by atoms with Crippen molar-refractivity contribution in [2.45, 2.75) is 24.2 Å². The molecule has 0 saturated carbocycles. The third kappa shape index (κ3) is 4.85. The van der Waals surface area contributed by atoms with E-state index < -0.39 is 46.9 Å². The minimum atomic E-state index is -3.58. The van der Waals surface area contributed by atoms with Gasteiger partial charge in [0, 0.05) is 18.8 Å². The molecule has 1 N–H and O–H groups in total. The molecule has 0 unspecified atom stereocenters. The van der Waals surface area contributed by atoms with Gasteiger partial charge < -0.3 is 10.1 Å². The van der Waals surface area contributed by atoms with Crippen LogP contribution in [0.15, 0.2) is 53.4 Å². The number of anilines is 1. The van der Waals surface area contributed by atoms with Gasteiger partial charge in [-0.3, -0.25) is 24.1 Å². The Morgan fingerprint density at radius 1 is 0.882 bits per heavy atom. The number of hydrogen-bond donors (Lipinski definition) is 1. The van der Waals surface area contributed by atoms with Gasteiger partial charge in [-0.1, -0.05) is 18.6 Å². The number of rotatable bonds is 7. The summed E-state index contributed by atoms with van der Waals surface area (Å²) in [6.07, 6.45) is 2.68. The fourth-order valence-corrected chi connectivity index (χ4v) is 5.38. The second-order valence-corrected chi connectivity index (χ2v) is 9.88. The molecule has 0 spiro atoms. The fraction of sp³-hybridized carbons (Fsp3) is 0.304. The van der Waals surface area contributed by atoms with Crippen molar-refractivity contribution >= 4 is 39.4 Å². The van der Waals surface area contributed by atoms with E-state index in [1.165, 1.54) is 40.7 Å². The van der Waals surface area contributed by atoms with Crippen LogP contribution in [-0.4, -0.2) is 67.6 Å². The van der Waals surface area contributed by atoms with Gasteiger partial charge in [-0.2, -0.15) is 4.31 Å². The number of imide groups is 1. The first kappa shape index (κ1) is 23.6. The molecule has 2 aromatic rings. The van der Waals surface area contributed by atoms with E-state index in [0.29, 0.717) is 18.8 Å². The van der Waals surface area contributed by atoms with E-state index in [2.05, 4.69) is 5.32 Å². The first-order valence-corrected chi connectivity index (χ1v) is 12.2. The van der Waals surface area contributed by atoms with Crippen molar-refractivity contribution in [1.29, 1.82) is 0 Å². The Morgan fingerprint density at radius 3 is 2.06 bits per heavy atom. The minimum Gasteiger partial charge on any atom is -0.454 e. The maximum atomic E-state index is 12.7. The summed E-state index contributed by atoms with van der Waals surface area (Å²) in [5.41, 5.74) is 0.756. The molecule has 34 heavy (non-hydrogen) atoms. The van der Waals surface area contributed by atoms with Gasteiger partial charge in [0.25, 0.3) is 17.7 Å². The maximum absolute atomic E-state index is 12.7. The number of fused-ring (bicyclic) bond motifs is 1.